The monoisotopic (exact) mass is 321 g/mol. The Bertz CT molecular complexity index is 670. The van der Waals surface area contributed by atoms with Crippen LogP contribution >= 0.6 is 23.2 Å². The number of hydrogen-bond acceptors (Lipinski definition) is 2. The lowest BCUT2D eigenvalue weighted by Crippen LogP contribution is -2.37. The summed E-state index contributed by atoms with van der Waals surface area (Å²) < 4.78 is 6.04. The van der Waals surface area contributed by atoms with Crippen LogP contribution in [0.4, 0.5) is 5.69 Å². The molecule has 2 aromatic carbocycles. The first-order chi connectivity index (χ1) is 9.96. The molecule has 1 aliphatic rings. The summed E-state index contributed by atoms with van der Waals surface area (Å²) in [5.41, 5.74) is 1.77. The number of ether oxygens (including phenoxy) is 1. The van der Waals surface area contributed by atoms with Crippen molar-refractivity contribution in [2.45, 2.75) is 31.9 Å². The van der Waals surface area contributed by atoms with Gasteiger partial charge in [-0.25, -0.2) is 0 Å². The maximum atomic E-state index is 6.28. The Morgan fingerprint density at radius 3 is 2.67 bits per heavy atom. The van der Waals surface area contributed by atoms with Crippen molar-refractivity contribution in [3.05, 3.63) is 58.1 Å². The van der Waals surface area contributed by atoms with E-state index in [-0.39, 0.29) is 11.6 Å². The van der Waals surface area contributed by atoms with Crippen molar-refractivity contribution < 1.29 is 4.74 Å². The number of hydrogen-bond donors (Lipinski definition) is 1. The van der Waals surface area contributed by atoms with Gasteiger partial charge in [-0.05, 0) is 32.0 Å². The van der Waals surface area contributed by atoms with Gasteiger partial charge in [0.25, 0.3) is 0 Å². The number of benzene rings is 2. The number of halogens is 2. The van der Waals surface area contributed by atoms with E-state index in [0.29, 0.717) is 10.0 Å². The van der Waals surface area contributed by atoms with Crippen molar-refractivity contribution in [3.63, 3.8) is 0 Å². The van der Waals surface area contributed by atoms with E-state index in [9.17, 15) is 0 Å². The second-order valence-corrected chi connectivity index (χ2v) is 6.69. The Morgan fingerprint density at radius 1 is 1.10 bits per heavy atom. The first kappa shape index (κ1) is 14.6. The summed E-state index contributed by atoms with van der Waals surface area (Å²) >= 11 is 12.4. The molecule has 0 spiro atoms. The van der Waals surface area contributed by atoms with Crippen molar-refractivity contribution >= 4 is 28.9 Å². The summed E-state index contributed by atoms with van der Waals surface area (Å²) in [6.45, 7) is 4.19. The van der Waals surface area contributed by atoms with E-state index < -0.39 is 0 Å². The fourth-order valence-electron chi connectivity index (χ4n) is 2.73. The van der Waals surface area contributed by atoms with Gasteiger partial charge in [0.15, 0.2) is 0 Å². The molecule has 0 aliphatic carbocycles. The van der Waals surface area contributed by atoms with Crippen LogP contribution in [0.5, 0.6) is 5.75 Å². The first-order valence-electron chi connectivity index (χ1n) is 6.95. The molecule has 0 radical (unpaired) electrons. The summed E-state index contributed by atoms with van der Waals surface area (Å²) in [6.07, 6.45) is 0.854. The van der Waals surface area contributed by atoms with Crippen LogP contribution in [0.3, 0.4) is 0 Å². The van der Waals surface area contributed by atoms with Crippen LogP contribution in [0.2, 0.25) is 10.0 Å². The van der Waals surface area contributed by atoms with Gasteiger partial charge in [0.2, 0.25) is 0 Å². The number of para-hydroxylation sites is 1. The molecule has 21 heavy (non-hydrogen) atoms. The molecule has 0 amide bonds. The van der Waals surface area contributed by atoms with Gasteiger partial charge in [0.1, 0.15) is 11.4 Å². The van der Waals surface area contributed by atoms with Crippen LogP contribution in [0.15, 0.2) is 42.5 Å². The van der Waals surface area contributed by atoms with E-state index in [1.165, 1.54) is 0 Å². The van der Waals surface area contributed by atoms with Crippen molar-refractivity contribution in [3.8, 4) is 5.75 Å². The zero-order valence-electron chi connectivity index (χ0n) is 12.0. The fraction of sp³-hybridized carbons (Fsp3) is 0.294. The van der Waals surface area contributed by atoms with Gasteiger partial charge in [0, 0.05) is 12.0 Å². The van der Waals surface area contributed by atoms with E-state index in [1.54, 1.807) is 6.07 Å². The SMILES string of the molecule is CC1(C)CC(Nc2cccc(Cl)c2Cl)c2ccccc2O1. The summed E-state index contributed by atoms with van der Waals surface area (Å²) in [6, 6.07) is 13.9. The van der Waals surface area contributed by atoms with Gasteiger partial charge in [-0.3, -0.25) is 0 Å². The van der Waals surface area contributed by atoms with E-state index >= 15 is 0 Å². The third-order valence-electron chi connectivity index (χ3n) is 3.66. The third kappa shape index (κ3) is 2.97. The Hall–Kier alpha value is -1.38. The Kier molecular flexibility index (Phi) is 3.76. The molecular weight excluding hydrogens is 305 g/mol. The number of anilines is 1. The van der Waals surface area contributed by atoms with E-state index in [2.05, 4.69) is 25.2 Å². The summed E-state index contributed by atoms with van der Waals surface area (Å²) in [5, 5.41) is 4.62. The summed E-state index contributed by atoms with van der Waals surface area (Å²) in [5.74, 6) is 0.921. The number of fused-ring (bicyclic) bond motifs is 1. The topological polar surface area (TPSA) is 21.3 Å². The van der Waals surface area contributed by atoms with Crippen molar-refractivity contribution in [2.75, 3.05) is 5.32 Å². The summed E-state index contributed by atoms with van der Waals surface area (Å²) in [7, 11) is 0. The number of rotatable bonds is 2. The second-order valence-electron chi connectivity index (χ2n) is 5.90. The standard InChI is InChI=1S/C17H17Cl2NO/c1-17(2)10-14(11-6-3-4-9-15(11)21-17)20-13-8-5-7-12(18)16(13)19/h3-9,14,20H,10H2,1-2H3. The minimum Gasteiger partial charge on any atom is -0.487 e. The molecule has 0 saturated carbocycles. The molecule has 0 aromatic heterocycles. The zero-order valence-corrected chi connectivity index (χ0v) is 13.5. The molecule has 1 atom stereocenters. The molecule has 3 rings (SSSR count). The molecule has 0 bridgehead atoms. The zero-order chi connectivity index (χ0) is 15.0. The molecule has 110 valence electrons. The lowest BCUT2D eigenvalue weighted by molar-refractivity contribution is 0.0759. The molecule has 1 N–H and O–H groups in total. The quantitative estimate of drug-likeness (QED) is 0.765. The molecular formula is C17H17Cl2NO. The smallest absolute Gasteiger partial charge is 0.125 e. The van der Waals surface area contributed by atoms with E-state index in [0.717, 1.165) is 23.4 Å². The van der Waals surface area contributed by atoms with Gasteiger partial charge < -0.3 is 10.1 Å². The summed E-state index contributed by atoms with van der Waals surface area (Å²) in [4.78, 5) is 0. The Labute approximate surface area is 135 Å². The minimum absolute atomic E-state index is 0.140. The third-order valence-corrected chi connectivity index (χ3v) is 4.48. The van der Waals surface area contributed by atoms with Gasteiger partial charge in [-0.15, -0.1) is 0 Å². The van der Waals surface area contributed by atoms with Crippen LogP contribution < -0.4 is 10.1 Å². The maximum absolute atomic E-state index is 6.28. The van der Waals surface area contributed by atoms with Gasteiger partial charge in [-0.2, -0.15) is 0 Å². The largest absolute Gasteiger partial charge is 0.487 e. The number of nitrogens with one attached hydrogen (secondary N) is 1. The Morgan fingerprint density at radius 2 is 1.86 bits per heavy atom. The first-order valence-corrected chi connectivity index (χ1v) is 7.70. The molecule has 0 fully saturated rings. The highest BCUT2D eigenvalue weighted by Gasteiger charge is 2.33. The predicted molar refractivity (Wildman–Crippen MR) is 88.6 cm³/mol. The molecule has 4 heteroatoms. The van der Waals surface area contributed by atoms with Crippen LogP contribution in [-0.2, 0) is 0 Å². The van der Waals surface area contributed by atoms with Crippen LogP contribution in [0.1, 0.15) is 31.9 Å². The van der Waals surface area contributed by atoms with E-state index in [4.69, 9.17) is 27.9 Å². The van der Waals surface area contributed by atoms with Crippen LogP contribution in [0, 0.1) is 0 Å². The normalized spacial score (nSPS) is 19.5. The van der Waals surface area contributed by atoms with Gasteiger partial charge in [-0.1, -0.05) is 47.5 Å². The molecule has 0 saturated heterocycles. The highest BCUT2D eigenvalue weighted by atomic mass is 35.5. The molecule has 2 aromatic rings. The Balaban J connectivity index is 1.96. The van der Waals surface area contributed by atoms with Crippen molar-refractivity contribution in [1.29, 1.82) is 0 Å². The molecule has 1 aliphatic heterocycles. The lowest BCUT2D eigenvalue weighted by atomic mass is 9.89. The molecule has 1 unspecified atom stereocenters. The van der Waals surface area contributed by atoms with Crippen LogP contribution in [0.25, 0.3) is 0 Å². The molecule has 2 nitrogen and oxygen atoms in total. The lowest BCUT2D eigenvalue weighted by Gasteiger charge is -2.38. The highest BCUT2D eigenvalue weighted by molar-refractivity contribution is 6.43. The maximum Gasteiger partial charge on any atom is 0.125 e. The highest BCUT2D eigenvalue weighted by Crippen LogP contribution is 2.42. The average Bonchev–Trinajstić information content (AvgIpc) is 2.42. The molecule has 1 heterocycles. The minimum atomic E-state index is -0.225. The van der Waals surface area contributed by atoms with Crippen LogP contribution in [-0.4, -0.2) is 5.60 Å². The van der Waals surface area contributed by atoms with E-state index in [1.807, 2.05) is 30.3 Å². The average molecular weight is 322 g/mol. The van der Waals surface area contributed by atoms with Gasteiger partial charge in [0.05, 0.1) is 21.8 Å². The predicted octanol–water partition coefficient (Wildman–Crippen LogP) is 5.71. The van der Waals surface area contributed by atoms with Crippen molar-refractivity contribution in [1.82, 2.24) is 0 Å². The van der Waals surface area contributed by atoms with Crippen molar-refractivity contribution in [2.24, 2.45) is 0 Å². The fourth-order valence-corrected chi connectivity index (χ4v) is 3.09. The second kappa shape index (κ2) is 5.43. The van der Waals surface area contributed by atoms with Gasteiger partial charge >= 0.3 is 0 Å².